The van der Waals surface area contributed by atoms with E-state index in [2.05, 4.69) is 25.4 Å². The number of aryl methyl sites for hydroxylation is 1. The molecular weight excluding hydrogens is 371 g/mol. The van der Waals surface area contributed by atoms with Crippen LogP contribution in [0.1, 0.15) is 31.2 Å². The maximum absolute atomic E-state index is 14.6. The monoisotopic (exact) mass is 388 g/mol. The molecule has 3 heterocycles. The first-order valence-corrected chi connectivity index (χ1v) is 8.78. The van der Waals surface area contributed by atoms with Crippen molar-refractivity contribution in [1.82, 2.24) is 24.7 Å². The van der Waals surface area contributed by atoms with Crippen LogP contribution in [0.25, 0.3) is 11.3 Å². The first-order chi connectivity index (χ1) is 13.0. The van der Waals surface area contributed by atoms with Crippen LogP contribution in [0.4, 0.5) is 10.2 Å². The summed E-state index contributed by atoms with van der Waals surface area (Å²) in [5, 5.41) is 6.94. The predicted molar refractivity (Wildman–Crippen MR) is 99.7 cm³/mol. The van der Waals surface area contributed by atoms with Crippen LogP contribution < -0.4 is 5.32 Å². The van der Waals surface area contributed by atoms with Crippen molar-refractivity contribution in [2.45, 2.75) is 25.7 Å². The van der Waals surface area contributed by atoms with Crippen molar-refractivity contribution in [2.24, 2.45) is 7.05 Å². The van der Waals surface area contributed by atoms with Gasteiger partial charge >= 0.3 is 0 Å². The number of carbonyl (C=O) groups is 1. The van der Waals surface area contributed by atoms with E-state index in [1.807, 2.05) is 6.92 Å². The highest BCUT2D eigenvalue weighted by molar-refractivity contribution is 6.29. The number of carbonyl (C=O) groups excluding carboxylic acids is 1. The molecule has 3 aromatic rings. The molecule has 3 rings (SSSR count). The minimum atomic E-state index is -0.558. The first kappa shape index (κ1) is 18.9. The Morgan fingerprint density at radius 3 is 2.67 bits per heavy atom. The number of rotatable bonds is 6. The molecule has 0 fully saturated rings. The van der Waals surface area contributed by atoms with Crippen molar-refractivity contribution in [3.05, 3.63) is 53.6 Å². The minimum absolute atomic E-state index is 0.200. The Bertz CT molecular complexity index is 943. The van der Waals surface area contributed by atoms with E-state index < -0.39 is 11.7 Å². The molecule has 1 N–H and O–H groups in total. The lowest BCUT2D eigenvalue weighted by Gasteiger charge is -2.16. The van der Waals surface area contributed by atoms with Gasteiger partial charge in [0.05, 0.1) is 24.5 Å². The molecule has 3 aromatic heterocycles. The van der Waals surface area contributed by atoms with Gasteiger partial charge in [0.2, 0.25) is 5.91 Å². The number of hydrogen-bond donors (Lipinski definition) is 1. The molecule has 0 radical (unpaired) electrons. The zero-order valence-corrected chi connectivity index (χ0v) is 15.6. The molecular formula is C18H18ClFN6O. The molecule has 27 heavy (non-hydrogen) atoms. The maximum atomic E-state index is 14.6. The normalized spacial score (nSPS) is 12.0. The van der Waals surface area contributed by atoms with Gasteiger partial charge in [-0.3, -0.25) is 14.5 Å². The van der Waals surface area contributed by atoms with Gasteiger partial charge in [-0.1, -0.05) is 24.9 Å². The summed E-state index contributed by atoms with van der Waals surface area (Å²) in [6.45, 7) is 1.95. The van der Waals surface area contributed by atoms with Gasteiger partial charge in [-0.15, -0.1) is 0 Å². The fourth-order valence-corrected chi connectivity index (χ4v) is 2.82. The molecule has 7 nitrogen and oxygen atoms in total. The largest absolute Gasteiger partial charge is 0.309 e. The van der Waals surface area contributed by atoms with Gasteiger partial charge in [-0.25, -0.2) is 14.4 Å². The van der Waals surface area contributed by atoms with Gasteiger partial charge in [0.25, 0.3) is 0 Å². The molecule has 1 amide bonds. The SMILES string of the molecule is CCCC(C(=O)Nc1cnc(Cl)cn1)c1cnc(-c2cnn(C)c2)c(F)c1. The fourth-order valence-electron chi connectivity index (χ4n) is 2.73. The predicted octanol–water partition coefficient (Wildman–Crippen LogP) is 3.59. The molecule has 0 bridgehead atoms. The van der Waals surface area contributed by atoms with Crippen LogP contribution >= 0.6 is 11.6 Å². The summed E-state index contributed by atoms with van der Waals surface area (Å²) < 4.78 is 16.2. The van der Waals surface area contributed by atoms with E-state index in [0.29, 0.717) is 17.5 Å². The Kier molecular flexibility index (Phi) is 5.75. The number of anilines is 1. The maximum Gasteiger partial charge on any atom is 0.233 e. The van der Waals surface area contributed by atoms with E-state index in [-0.39, 0.29) is 22.6 Å². The molecule has 0 aliphatic rings. The summed E-state index contributed by atoms with van der Waals surface area (Å²) in [6, 6.07) is 1.35. The van der Waals surface area contributed by atoms with E-state index in [4.69, 9.17) is 11.6 Å². The lowest BCUT2D eigenvalue weighted by molar-refractivity contribution is -0.117. The number of halogens is 2. The molecule has 0 aromatic carbocycles. The van der Waals surface area contributed by atoms with Crippen LogP contribution in [0.2, 0.25) is 5.15 Å². The summed E-state index contributed by atoms with van der Waals surface area (Å²) in [5.74, 6) is -1.08. The van der Waals surface area contributed by atoms with Crippen molar-refractivity contribution in [3.63, 3.8) is 0 Å². The topological polar surface area (TPSA) is 85.6 Å². The number of nitrogens with zero attached hydrogens (tertiary/aromatic N) is 5. The average Bonchev–Trinajstić information content (AvgIpc) is 3.07. The molecule has 0 aliphatic carbocycles. The Balaban J connectivity index is 1.84. The second kappa shape index (κ2) is 8.22. The second-order valence-electron chi connectivity index (χ2n) is 6.06. The molecule has 0 aliphatic heterocycles. The van der Waals surface area contributed by atoms with E-state index in [1.165, 1.54) is 24.7 Å². The summed E-state index contributed by atoms with van der Waals surface area (Å²) in [7, 11) is 1.75. The number of pyridine rings is 1. The van der Waals surface area contributed by atoms with E-state index in [0.717, 1.165) is 6.42 Å². The van der Waals surface area contributed by atoms with Crippen molar-refractivity contribution < 1.29 is 9.18 Å². The highest BCUT2D eigenvalue weighted by atomic mass is 35.5. The third kappa shape index (κ3) is 4.46. The third-order valence-corrected chi connectivity index (χ3v) is 4.20. The molecule has 140 valence electrons. The smallest absolute Gasteiger partial charge is 0.233 e. The van der Waals surface area contributed by atoms with Gasteiger partial charge in [0.15, 0.2) is 5.82 Å². The minimum Gasteiger partial charge on any atom is -0.309 e. The molecule has 1 atom stereocenters. The van der Waals surface area contributed by atoms with Crippen LogP contribution in [-0.2, 0) is 11.8 Å². The summed E-state index contributed by atoms with van der Waals surface area (Å²) in [5.41, 5.74) is 1.28. The number of nitrogens with one attached hydrogen (secondary N) is 1. The van der Waals surface area contributed by atoms with Gasteiger partial charge < -0.3 is 5.32 Å². The quantitative estimate of drug-likeness (QED) is 0.697. The van der Waals surface area contributed by atoms with Crippen molar-refractivity contribution in [3.8, 4) is 11.3 Å². The molecule has 0 spiro atoms. The number of amides is 1. The van der Waals surface area contributed by atoms with Crippen molar-refractivity contribution >= 4 is 23.3 Å². The van der Waals surface area contributed by atoms with Crippen LogP contribution in [0.15, 0.2) is 37.1 Å². The summed E-state index contributed by atoms with van der Waals surface area (Å²) in [4.78, 5) is 24.8. The molecule has 1 unspecified atom stereocenters. The number of aromatic nitrogens is 5. The Labute approximate surface area is 160 Å². The second-order valence-corrected chi connectivity index (χ2v) is 6.44. The van der Waals surface area contributed by atoms with Gasteiger partial charge in [-0.05, 0) is 18.1 Å². The highest BCUT2D eigenvalue weighted by Crippen LogP contribution is 2.27. The zero-order valence-electron chi connectivity index (χ0n) is 14.9. The average molecular weight is 389 g/mol. The Hall–Kier alpha value is -2.87. The van der Waals surface area contributed by atoms with Crippen LogP contribution in [-0.4, -0.2) is 30.6 Å². The summed E-state index contributed by atoms with van der Waals surface area (Å²) >= 11 is 5.70. The van der Waals surface area contributed by atoms with Crippen LogP contribution in [0.5, 0.6) is 0 Å². The Morgan fingerprint density at radius 2 is 2.07 bits per heavy atom. The lowest BCUT2D eigenvalue weighted by atomic mass is 9.94. The number of hydrogen-bond acceptors (Lipinski definition) is 5. The lowest BCUT2D eigenvalue weighted by Crippen LogP contribution is -2.22. The van der Waals surface area contributed by atoms with Crippen molar-refractivity contribution in [2.75, 3.05) is 5.32 Å². The zero-order chi connectivity index (χ0) is 19.4. The van der Waals surface area contributed by atoms with E-state index in [1.54, 1.807) is 24.1 Å². The highest BCUT2D eigenvalue weighted by Gasteiger charge is 2.23. The fraction of sp³-hybridized carbons (Fsp3) is 0.278. The molecule has 0 saturated carbocycles. The van der Waals surface area contributed by atoms with E-state index in [9.17, 15) is 9.18 Å². The van der Waals surface area contributed by atoms with Gasteiger partial charge in [-0.2, -0.15) is 5.10 Å². The van der Waals surface area contributed by atoms with Crippen molar-refractivity contribution in [1.29, 1.82) is 0 Å². The Morgan fingerprint density at radius 1 is 1.26 bits per heavy atom. The van der Waals surface area contributed by atoms with Crippen LogP contribution in [0, 0.1) is 5.82 Å². The molecule has 0 saturated heterocycles. The standard InChI is InChI=1S/C18H18ClFN6O/c1-3-4-13(18(27)25-16-9-21-15(19)8-22-16)11-5-14(20)17(23-6-11)12-7-24-26(2)10-12/h5-10,13H,3-4H2,1-2H3,(H,22,25,27). The summed E-state index contributed by atoms with van der Waals surface area (Å²) in [6.07, 6.45) is 8.75. The van der Waals surface area contributed by atoms with Gasteiger partial charge in [0, 0.05) is 25.0 Å². The molecule has 9 heteroatoms. The van der Waals surface area contributed by atoms with E-state index >= 15 is 0 Å². The first-order valence-electron chi connectivity index (χ1n) is 8.40. The third-order valence-electron chi connectivity index (χ3n) is 4.01. The van der Waals surface area contributed by atoms with Gasteiger partial charge in [0.1, 0.15) is 16.7 Å². The van der Waals surface area contributed by atoms with Crippen LogP contribution in [0.3, 0.4) is 0 Å².